The Morgan fingerprint density at radius 2 is 2.18 bits per heavy atom. The number of halogens is 1. The average Bonchev–Trinajstić information content (AvgIpc) is 2.75. The van der Waals surface area contributed by atoms with Gasteiger partial charge >= 0.3 is 0 Å². The van der Waals surface area contributed by atoms with Crippen LogP contribution in [-0.2, 0) is 6.54 Å². The standard InChI is InChI=1S/C11H10BrN3OS/c1-15(5-8-2-10(12)17-7-8)11-13-3-9(6-16)4-14-11/h2-4,6-7H,5H2,1H3. The number of hydrogen-bond donors (Lipinski definition) is 0. The number of rotatable bonds is 4. The third kappa shape index (κ3) is 3.10. The van der Waals surface area contributed by atoms with Gasteiger partial charge in [0.1, 0.15) is 0 Å². The average molecular weight is 312 g/mol. The summed E-state index contributed by atoms with van der Waals surface area (Å²) in [4.78, 5) is 20.7. The largest absolute Gasteiger partial charge is 0.340 e. The lowest BCUT2D eigenvalue weighted by Crippen LogP contribution is -2.18. The van der Waals surface area contributed by atoms with Gasteiger partial charge < -0.3 is 4.90 Å². The first kappa shape index (κ1) is 12.2. The van der Waals surface area contributed by atoms with Gasteiger partial charge in [-0.3, -0.25) is 4.79 Å². The van der Waals surface area contributed by atoms with E-state index in [2.05, 4.69) is 37.3 Å². The molecule has 2 rings (SSSR count). The van der Waals surface area contributed by atoms with Gasteiger partial charge in [-0.05, 0) is 32.9 Å². The topological polar surface area (TPSA) is 46.1 Å². The highest BCUT2D eigenvalue weighted by Crippen LogP contribution is 2.22. The Morgan fingerprint density at radius 1 is 1.47 bits per heavy atom. The molecule has 0 amide bonds. The van der Waals surface area contributed by atoms with Crippen molar-refractivity contribution in [2.75, 3.05) is 11.9 Å². The van der Waals surface area contributed by atoms with Crippen LogP contribution in [0.5, 0.6) is 0 Å². The van der Waals surface area contributed by atoms with Gasteiger partial charge in [0.2, 0.25) is 5.95 Å². The molecular formula is C11H10BrN3OS. The molecule has 2 heterocycles. The molecule has 0 aliphatic carbocycles. The Morgan fingerprint density at radius 3 is 2.71 bits per heavy atom. The Labute approximate surface area is 111 Å². The number of aromatic nitrogens is 2. The molecule has 2 aromatic rings. The molecular weight excluding hydrogens is 302 g/mol. The summed E-state index contributed by atoms with van der Waals surface area (Å²) < 4.78 is 1.11. The highest BCUT2D eigenvalue weighted by Gasteiger charge is 2.06. The first-order chi connectivity index (χ1) is 8.19. The number of carbonyl (C=O) groups is 1. The minimum Gasteiger partial charge on any atom is -0.340 e. The van der Waals surface area contributed by atoms with Crippen LogP contribution in [0.4, 0.5) is 5.95 Å². The van der Waals surface area contributed by atoms with Gasteiger partial charge in [-0.25, -0.2) is 9.97 Å². The van der Waals surface area contributed by atoms with E-state index in [4.69, 9.17) is 0 Å². The predicted molar refractivity (Wildman–Crippen MR) is 71.5 cm³/mol. The van der Waals surface area contributed by atoms with Crippen molar-refractivity contribution in [3.8, 4) is 0 Å². The van der Waals surface area contributed by atoms with E-state index in [1.54, 1.807) is 11.3 Å². The molecule has 0 atom stereocenters. The third-order valence-corrected chi connectivity index (χ3v) is 3.73. The number of hydrogen-bond acceptors (Lipinski definition) is 5. The maximum atomic E-state index is 10.5. The summed E-state index contributed by atoms with van der Waals surface area (Å²) in [5.41, 5.74) is 1.69. The summed E-state index contributed by atoms with van der Waals surface area (Å²) in [5.74, 6) is 0.609. The summed E-state index contributed by atoms with van der Waals surface area (Å²) in [6.45, 7) is 0.739. The van der Waals surface area contributed by atoms with Crippen LogP contribution in [0.15, 0.2) is 27.6 Å². The molecule has 0 spiro atoms. The summed E-state index contributed by atoms with van der Waals surface area (Å²) >= 11 is 5.08. The number of nitrogens with zero attached hydrogens (tertiary/aromatic N) is 3. The lowest BCUT2D eigenvalue weighted by molar-refractivity contribution is 0.112. The zero-order chi connectivity index (χ0) is 12.3. The molecule has 0 saturated heterocycles. The fraction of sp³-hybridized carbons (Fsp3) is 0.182. The molecule has 0 N–H and O–H groups in total. The smallest absolute Gasteiger partial charge is 0.225 e. The lowest BCUT2D eigenvalue weighted by Gasteiger charge is -2.15. The van der Waals surface area contributed by atoms with Gasteiger partial charge in [0.25, 0.3) is 0 Å². The van der Waals surface area contributed by atoms with E-state index in [-0.39, 0.29) is 0 Å². The van der Waals surface area contributed by atoms with Crippen LogP contribution in [0.1, 0.15) is 15.9 Å². The van der Waals surface area contributed by atoms with E-state index in [1.165, 1.54) is 18.0 Å². The first-order valence-corrected chi connectivity index (χ1v) is 6.57. The molecule has 0 aliphatic heterocycles. The molecule has 88 valence electrons. The highest BCUT2D eigenvalue weighted by molar-refractivity contribution is 9.11. The van der Waals surface area contributed by atoms with Gasteiger partial charge in [-0.2, -0.15) is 0 Å². The van der Waals surface area contributed by atoms with E-state index in [9.17, 15) is 4.79 Å². The second kappa shape index (κ2) is 5.37. The lowest BCUT2D eigenvalue weighted by atomic mass is 10.3. The molecule has 4 nitrogen and oxygen atoms in total. The van der Waals surface area contributed by atoms with Crippen LogP contribution in [0.25, 0.3) is 0 Å². The van der Waals surface area contributed by atoms with Gasteiger partial charge in [-0.1, -0.05) is 0 Å². The molecule has 0 fully saturated rings. The monoisotopic (exact) mass is 311 g/mol. The molecule has 0 bridgehead atoms. The van der Waals surface area contributed by atoms with E-state index >= 15 is 0 Å². The first-order valence-electron chi connectivity index (χ1n) is 4.90. The van der Waals surface area contributed by atoms with Crippen LogP contribution in [0, 0.1) is 0 Å². The second-order valence-corrected chi connectivity index (χ2v) is 5.84. The third-order valence-electron chi connectivity index (χ3n) is 2.18. The number of aldehydes is 1. The van der Waals surface area contributed by atoms with Crippen LogP contribution < -0.4 is 4.90 Å². The van der Waals surface area contributed by atoms with Gasteiger partial charge in [-0.15, -0.1) is 11.3 Å². The number of carbonyl (C=O) groups excluding carboxylic acids is 1. The predicted octanol–water partition coefficient (Wildman–Crippen LogP) is 2.75. The van der Waals surface area contributed by atoms with E-state index in [1.807, 2.05) is 11.9 Å². The highest BCUT2D eigenvalue weighted by atomic mass is 79.9. The zero-order valence-electron chi connectivity index (χ0n) is 9.13. The van der Waals surface area contributed by atoms with Crippen molar-refractivity contribution >= 4 is 39.5 Å². The number of thiophene rings is 1. The Balaban J connectivity index is 2.08. The van der Waals surface area contributed by atoms with Gasteiger partial charge in [0.05, 0.1) is 9.35 Å². The minimum absolute atomic E-state index is 0.487. The van der Waals surface area contributed by atoms with Crippen LogP contribution in [0.3, 0.4) is 0 Å². The Hall–Kier alpha value is -1.27. The molecule has 0 unspecified atom stereocenters. The summed E-state index contributed by atoms with van der Waals surface area (Å²) in [6.07, 6.45) is 3.78. The molecule has 0 saturated carbocycles. The molecule has 0 aliphatic rings. The van der Waals surface area contributed by atoms with Gasteiger partial charge in [0, 0.05) is 26.0 Å². The summed E-state index contributed by atoms with van der Waals surface area (Å²) in [7, 11) is 1.92. The van der Waals surface area contributed by atoms with E-state index in [0.29, 0.717) is 11.5 Å². The van der Waals surface area contributed by atoms with Crippen molar-refractivity contribution < 1.29 is 4.79 Å². The minimum atomic E-state index is 0.487. The SMILES string of the molecule is CN(Cc1csc(Br)c1)c1ncc(C=O)cn1. The quantitative estimate of drug-likeness (QED) is 0.815. The Bertz CT molecular complexity index is 512. The summed E-state index contributed by atoms with van der Waals surface area (Å²) in [6, 6.07) is 2.07. The van der Waals surface area contributed by atoms with Crippen LogP contribution in [-0.4, -0.2) is 23.3 Å². The van der Waals surface area contributed by atoms with Crippen LogP contribution in [0.2, 0.25) is 0 Å². The van der Waals surface area contributed by atoms with E-state index < -0.39 is 0 Å². The molecule has 17 heavy (non-hydrogen) atoms. The van der Waals surface area contributed by atoms with Crippen molar-refractivity contribution in [2.45, 2.75) is 6.54 Å². The zero-order valence-corrected chi connectivity index (χ0v) is 11.5. The fourth-order valence-corrected chi connectivity index (χ4v) is 2.56. The van der Waals surface area contributed by atoms with E-state index in [0.717, 1.165) is 16.6 Å². The van der Waals surface area contributed by atoms with Gasteiger partial charge in [0.15, 0.2) is 6.29 Å². The van der Waals surface area contributed by atoms with Crippen LogP contribution >= 0.6 is 27.3 Å². The Kier molecular flexibility index (Phi) is 3.86. The van der Waals surface area contributed by atoms with Crippen molar-refractivity contribution in [3.63, 3.8) is 0 Å². The molecule has 0 aromatic carbocycles. The fourth-order valence-electron chi connectivity index (χ4n) is 1.36. The second-order valence-electron chi connectivity index (χ2n) is 3.55. The van der Waals surface area contributed by atoms with Crippen molar-refractivity contribution in [1.82, 2.24) is 9.97 Å². The molecule has 0 radical (unpaired) electrons. The molecule has 2 aromatic heterocycles. The summed E-state index contributed by atoms with van der Waals surface area (Å²) in [5, 5.41) is 2.08. The molecule has 6 heteroatoms. The maximum Gasteiger partial charge on any atom is 0.225 e. The normalized spacial score (nSPS) is 10.2. The van der Waals surface area contributed by atoms with Crippen molar-refractivity contribution in [2.24, 2.45) is 0 Å². The number of anilines is 1. The van der Waals surface area contributed by atoms with Crippen molar-refractivity contribution in [1.29, 1.82) is 0 Å². The maximum absolute atomic E-state index is 10.5. The van der Waals surface area contributed by atoms with Crippen molar-refractivity contribution in [3.05, 3.63) is 38.8 Å².